The van der Waals surface area contributed by atoms with Crippen molar-refractivity contribution in [1.82, 2.24) is 4.90 Å². The summed E-state index contributed by atoms with van der Waals surface area (Å²) in [7, 11) is 1.31. The maximum atomic E-state index is 14.2. The van der Waals surface area contributed by atoms with Crippen molar-refractivity contribution >= 4 is 23.2 Å². The van der Waals surface area contributed by atoms with Gasteiger partial charge in [0.25, 0.3) is 5.91 Å². The van der Waals surface area contributed by atoms with Crippen molar-refractivity contribution in [2.45, 2.75) is 50.7 Å². The molecule has 1 amide bonds. The normalized spacial score (nSPS) is 19.7. The van der Waals surface area contributed by atoms with E-state index in [-0.39, 0.29) is 12.5 Å². The van der Waals surface area contributed by atoms with Crippen LogP contribution in [-0.2, 0) is 22.4 Å². The Labute approximate surface area is 196 Å². The molecule has 0 saturated carbocycles. The van der Waals surface area contributed by atoms with Crippen LogP contribution in [0.15, 0.2) is 54.6 Å². The molecule has 3 unspecified atom stereocenters. The summed E-state index contributed by atoms with van der Waals surface area (Å²) in [6.07, 6.45) is 3.37. The van der Waals surface area contributed by atoms with Crippen LogP contribution in [0.5, 0.6) is 0 Å². The fraction of sp³-hybridized carbons (Fsp3) is 0.440. The summed E-state index contributed by atoms with van der Waals surface area (Å²) in [4.78, 5) is 26.4. The Bertz CT molecular complexity index is 976. The molecule has 178 valence electrons. The van der Waals surface area contributed by atoms with Crippen molar-refractivity contribution in [3.63, 3.8) is 0 Å². The fourth-order valence-electron chi connectivity index (χ4n) is 3.94. The molecule has 1 aromatic carbocycles. The number of alkyl halides is 2. The number of hydrogen-bond donors (Lipinski definition) is 1. The van der Waals surface area contributed by atoms with Gasteiger partial charge < -0.3 is 14.7 Å². The molecular weight excluding hydrogens is 448 g/mol. The lowest BCUT2D eigenvalue weighted by Crippen LogP contribution is -2.37. The van der Waals surface area contributed by atoms with Gasteiger partial charge in [-0.25, -0.2) is 4.79 Å². The molecule has 2 heterocycles. The molecule has 1 aromatic heterocycles. The van der Waals surface area contributed by atoms with E-state index < -0.39 is 36.4 Å². The van der Waals surface area contributed by atoms with Gasteiger partial charge in [0, 0.05) is 17.8 Å². The predicted octanol–water partition coefficient (Wildman–Crippen LogP) is 4.50. The van der Waals surface area contributed by atoms with Gasteiger partial charge >= 0.3 is 11.9 Å². The number of ether oxygens (including phenoxy) is 1. The molecule has 0 bridgehead atoms. The van der Waals surface area contributed by atoms with E-state index in [1.54, 1.807) is 12.1 Å². The van der Waals surface area contributed by atoms with E-state index in [4.69, 9.17) is 0 Å². The Hall–Kier alpha value is -2.58. The highest BCUT2D eigenvalue weighted by Crippen LogP contribution is 2.34. The topological polar surface area (TPSA) is 66.8 Å². The first-order chi connectivity index (χ1) is 15.7. The quantitative estimate of drug-likeness (QED) is 0.404. The van der Waals surface area contributed by atoms with Crippen LogP contribution in [-0.4, -0.2) is 53.6 Å². The zero-order chi connectivity index (χ0) is 24.0. The number of methoxy groups -OCH3 is 1. The van der Waals surface area contributed by atoms with Crippen molar-refractivity contribution in [2.75, 3.05) is 13.7 Å². The van der Waals surface area contributed by atoms with Gasteiger partial charge in [-0.1, -0.05) is 49.4 Å². The third-order valence-corrected chi connectivity index (χ3v) is 6.95. The molecule has 1 aliphatic rings. The van der Waals surface area contributed by atoms with Crippen LogP contribution in [0.25, 0.3) is 0 Å². The highest BCUT2D eigenvalue weighted by Gasteiger charge is 2.52. The van der Waals surface area contributed by atoms with E-state index in [0.29, 0.717) is 24.1 Å². The van der Waals surface area contributed by atoms with E-state index in [1.165, 1.54) is 35.5 Å². The van der Waals surface area contributed by atoms with Gasteiger partial charge in [0.1, 0.15) is 4.88 Å². The molecule has 1 N–H and O–H groups in total. The van der Waals surface area contributed by atoms with Crippen LogP contribution >= 0.6 is 11.3 Å². The standard InChI is InChI=1S/C25H29F2NO4S/c1-17(15-18-7-4-3-5-8-18)21(29)12-10-19-16-25(26,27)24(31)28(19)14-6-9-20-11-13-22(33-20)23(30)32-2/h3-5,7-8,10-13,17,19,21,29H,6,9,14-16H2,1-2H3. The minimum atomic E-state index is -3.41. The lowest BCUT2D eigenvalue weighted by Gasteiger charge is -2.22. The van der Waals surface area contributed by atoms with Crippen LogP contribution in [0, 0.1) is 5.92 Å². The molecule has 2 aromatic rings. The molecule has 0 radical (unpaired) electrons. The Morgan fingerprint density at radius 2 is 2.03 bits per heavy atom. The van der Waals surface area contributed by atoms with E-state index in [2.05, 4.69) is 4.74 Å². The van der Waals surface area contributed by atoms with Crippen LogP contribution < -0.4 is 0 Å². The zero-order valence-electron chi connectivity index (χ0n) is 18.7. The number of aryl methyl sites for hydroxylation is 1. The van der Waals surface area contributed by atoms with E-state index in [1.807, 2.05) is 37.3 Å². The van der Waals surface area contributed by atoms with Crippen molar-refractivity contribution in [1.29, 1.82) is 0 Å². The lowest BCUT2D eigenvalue weighted by atomic mass is 9.95. The summed E-state index contributed by atoms with van der Waals surface area (Å²) < 4.78 is 33.0. The molecule has 5 nitrogen and oxygen atoms in total. The Morgan fingerprint density at radius 1 is 1.30 bits per heavy atom. The van der Waals surface area contributed by atoms with Crippen molar-refractivity contribution in [2.24, 2.45) is 5.92 Å². The Morgan fingerprint density at radius 3 is 2.73 bits per heavy atom. The first-order valence-electron chi connectivity index (χ1n) is 11.0. The summed E-state index contributed by atoms with van der Waals surface area (Å²) in [6, 6.07) is 12.5. The minimum absolute atomic E-state index is 0.0995. The molecule has 0 spiro atoms. The van der Waals surface area contributed by atoms with Crippen LogP contribution in [0.4, 0.5) is 8.78 Å². The van der Waals surface area contributed by atoms with Crippen LogP contribution in [0.2, 0.25) is 0 Å². The summed E-state index contributed by atoms with van der Waals surface area (Å²) in [5.74, 6) is -5.09. The number of benzene rings is 1. The molecule has 1 aliphatic heterocycles. The number of amides is 1. The molecule has 0 aliphatic carbocycles. The number of carbonyl (C=O) groups excluding carboxylic acids is 2. The number of hydrogen-bond acceptors (Lipinski definition) is 5. The van der Waals surface area contributed by atoms with Gasteiger partial charge in [0.2, 0.25) is 0 Å². The molecular formula is C25H29F2NO4S. The van der Waals surface area contributed by atoms with E-state index in [9.17, 15) is 23.5 Å². The molecule has 3 atom stereocenters. The Kier molecular flexibility index (Phi) is 8.37. The van der Waals surface area contributed by atoms with Crippen LogP contribution in [0.3, 0.4) is 0 Å². The number of halogens is 2. The first-order valence-corrected chi connectivity index (χ1v) is 11.8. The summed E-state index contributed by atoms with van der Waals surface area (Å²) in [5.41, 5.74) is 1.09. The number of thiophene rings is 1. The van der Waals surface area contributed by atoms with E-state index >= 15 is 0 Å². The van der Waals surface area contributed by atoms with Gasteiger partial charge in [-0.2, -0.15) is 8.78 Å². The first kappa shape index (κ1) is 25.1. The zero-order valence-corrected chi connectivity index (χ0v) is 19.6. The second-order valence-electron chi connectivity index (χ2n) is 8.38. The van der Waals surface area contributed by atoms with Gasteiger partial charge in [0.05, 0.1) is 19.3 Å². The van der Waals surface area contributed by atoms with Gasteiger partial charge in [-0.15, -0.1) is 11.3 Å². The summed E-state index contributed by atoms with van der Waals surface area (Å²) >= 11 is 1.29. The average Bonchev–Trinajstić information content (AvgIpc) is 3.35. The number of aliphatic hydroxyl groups is 1. The van der Waals surface area contributed by atoms with Gasteiger partial charge in [-0.3, -0.25) is 4.79 Å². The second kappa shape index (κ2) is 11.0. The van der Waals surface area contributed by atoms with Gasteiger partial charge in [0.15, 0.2) is 0 Å². The summed E-state index contributed by atoms with van der Waals surface area (Å²) in [6.45, 7) is 2.07. The number of esters is 1. The third kappa shape index (κ3) is 6.48. The number of nitrogens with zero attached hydrogens (tertiary/aromatic N) is 1. The predicted molar refractivity (Wildman–Crippen MR) is 124 cm³/mol. The largest absolute Gasteiger partial charge is 0.465 e. The SMILES string of the molecule is COC(=O)c1ccc(CCCN2C(=O)C(F)(F)CC2C=CC(O)C(C)Cc2ccccc2)s1. The number of likely N-dealkylation sites (tertiary alicyclic amines) is 1. The number of carbonyl (C=O) groups is 2. The van der Waals surface area contributed by atoms with Gasteiger partial charge in [-0.05, 0) is 42.9 Å². The third-order valence-electron chi connectivity index (χ3n) is 5.82. The molecule has 1 fully saturated rings. The maximum absolute atomic E-state index is 14.2. The molecule has 3 rings (SSSR count). The second-order valence-corrected chi connectivity index (χ2v) is 9.55. The number of rotatable bonds is 10. The number of aliphatic hydroxyl groups excluding tert-OH is 1. The molecule has 1 saturated heterocycles. The molecule has 8 heteroatoms. The summed E-state index contributed by atoms with van der Waals surface area (Å²) in [5, 5.41) is 10.5. The fourth-order valence-corrected chi connectivity index (χ4v) is 4.91. The highest BCUT2D eigenvalue weighted by atomic mass is 32.1. The van der Waals surface area contributed by atoms with Crippen molar-refractivity contribution in [3.05, 3.63) is 69.9 Å². The molecule has 33 heavy (non-hydrogen) atoms. The smallest absolute Gasteiger partial charge is 0.348 e. The lowest BCUT2D eigenvalue weighted by molar-refractivity contribution is -0.148. The Balaban J connectivity index is 1.58. The van der Waals surface area contributed by atoms with E-state index in [0.717, 1.165) is 10.4 Å². The van der Waals surface area contributed by atoms with Crippen molar-refractivity contribution in [3.8, 4) is 0 Å². The van der Waals surface area contributed by atoms with Crippen molar-refractivity contribution < 1.29 is 28.2 Å². The maximum Gasteiger partial charge on any atom is 0.348 e. The monoisotopic (exact) mass is 477 g/mol. The minimum Gasteiger partial charge on any atom is -0.465 e. The average molecular weight is 478 g/mol. The van der Waals surface area contributed by atoms with Crippen LogP contribution in [0.1, 0.15) is 39.9 Å². The highest BCUT2D eigenvalue weighted by molar-refractivity contribution is 7.13.